The molecule has 2 aromatic heterocycles. The van der Waals surface area contributed by atoms with Crippen LogP contribution in [0.3, 0.4) is 0 Å². The maximum Gasteiger partial charge on any atom is 0.289 e. The molecule has 1 aliphatic rings. The topological polar surface area (TPSA) is 91.6 Å². The van der Waals surface area contributed by atoms with Crippen molar-refractivity contribution >= 4 is 17.8 Å². The van der Waals surface area contributed by atoms with Crippen LogP contribution in [0.2, 0.25) is 0 Å². The highest BCUT2D eigenvalue weighted by Crippen LogP contribution is 2.14. The Labute approximate surface area is 145 Å². The highest BCUT2D eigenvalue weighted by atomic mass is 16.3. The minimum absolute atomic E-state index is 0.0436. The van der Waals surface area contributed by atoms with Gasteiger partial charge in [-0.15, -0.1) is 0 Å². The lowest BCUT2D eigenvalue weighted by Crippen LogP contribution is -2.49. The molecule has 0 bridgehead atoms. The zero-order chi connectivity index (χ0) is 17.8. The predicted octanol–water partition coefficient (Wildman–Crippen LogP) is 1.17. The van der Waals surface area contributed by atoms with Gasteiger partial charge in [-0.1, -0.05) is 0 Å². The van der Waals surface area contributed by atoms with Crippen molar-refractivity contribution in [1.29, 1.82) is 0 Å². The molecule has 132 valence electrons. The van der Waals surface area contributed by atoms with E-state index < -0.39 is 0 Å². The van der Waals surface area contributed by atoms with E-state index in [0.29, 0.717) is 43.6 Å². The second-order valence-corrected chi connectivity index (χ2v) is 6.13. The van der Waals surface area contributed by atoms with Crippen LogP contribution < -0.4 is 10.2 Å². The normalized spacial score (nSPS) is 14.7. The van der Waals surface area contributed by atoms with Crippen molar-refractivity contribution in [2.45, 2.75) is 19.9 Å². The Morgan fingerprint density at radius 3 is 2.60 bits per heavy atom. The monoisotopic (exact) mass is 343 g/mol. The lowest BCUT2D eigenvalue weighted by atomic mass is 10.3. The van der Waals surface area contributed by atoms with E-state index in [9.17, 15) is 9.59 Å². The Morgan fingerprint density at radius 2 is 1.96 bits per heavy atom. The minimum Gasteiger partial charge on any atom is -0.459 e. The Bertz CT molecular complexity index is 737. The predicted molar refractivity (Wildman–Crippen MR) is 91.5 cm³/mol. The van der Waals surface area contributed by atoms with Crippen LogP contribution in [0.4, 0.5) is 5.95 Å². The Hall–Kier alpha value is -2.90. The third-order valence-corrected chi connectivity index (χ3v) is 3.88. The van der Waals surface area contributed by atoms with Crippen LogP contribution in [-0.2, 0) is 0 Å². The summed E-state index contributed by atoms with van der Waals surface area (Å²) in [4.78, 5) is 36.7. The van der Waals surface area contributed by atoms with E-state index in [0.717, 1.165) is 0 Å². The third-order valence-electron chi connectivity index (χ3n) is 3.88. The van der Waals surface area contributed by atoms with E-state index in [-0.39, 0.29) is 17.9 Å². The van der Waals surface area contributed by atoms with Crippen molar-refractivity contribution in [1.82, 2.24) is 20.2 Å². The molecule has 8 heteroatoms. The van der Waals surface area contributed by atoms with Gasteiger partial charge < -0.3 is 19.5 Å². The van der Waals surface area contributed by atoms with Gasteiger partial charge in [0.1, 0.15) is 5.69 Å². The number of nitrogens with zero attached hydrogens (tertiary/aromatic N) is 4. The summed E-state index contributed by atoms with van der Waals surface area (Å²) in [5.74, 6) is 0.513. The summed E-state index contributed by atoms with van der Waals surface area (Å²) in [7, 11) is 0. The van der Waals surface area contributed by atoms with Gasteiger partial charge in [-0.2, -0.15) is 0 Å². The van der Waals surface area contributed by atoms with Crippen molar-refractivity contribution in [2.24, 2.45) is 0 Å². The third kappa shape index (κ3) is 3.96. The van der Waals surface area contributed by atoms with Gasteiger partial charge in [0.2, 0.25) is 5.95 Å². The average Bonchev–Trinajstić information content (AvgIpc) is 3.15. The summed E-state index contributed by atoms with van der Waals surface area (Å²) in [5, 5.41) is 2.82. The molecule has 0 aliphatic carbocycles. The number of aromatic nitrogens is 2. The van der Waals surface area contributed by atoms with E-state index in [1.54, 1.807) is 29.3 Å². The number of nitrogens with one attached hydrogen (secondary N) is 1. The number of carbonyl (C=O) groups excluding carboxylic acids is 2. The number of hydrogen-bond donors (Lipinski definition) is 1. The SMILES string of the molecule is CC(C)NC(=O)c1ccnc(N2CCN(C(=O)c3ccco3)CC2)n1. The molecule has 1 aliphatic heterocycles. The van der Waals surface area contributed by atoms with Crippen LogP contribution in [0, 0.1) is 0 Å². The quantitative estimate of drug-likeness (QED) is 0.896. The molecule has 2 aromatic rings. The van der Waals surface area contributed by atoms with E-state index in [2.05, 4.69) is 15.3 Å². The highest BCUT2D eigenvalue weighted by Gasteiger charge is 2.25. The van der Waals surface area contributed by atoms with Crippen LogP contribution in [0.15, 0.2) is 35.1 Å². The molecular formula is C17H21N5O3. The summed E-state index contributed by atoms with van der Waals surface area (Å²) >= 11 is 0. The standard InChI is InChI=1S/C17H21N5O3/c1-12(2)19-15(23)13-5-6-18-17(20-13)22-9-7-21(8-10-22)16(24)14-4-3-11-25-14/h3-6,11-12H,7-10H2,1-2H3,(H,19,23). The molecule has 0 radical (unpaired) electrons. The first kappa shape index (κ1) is 16.9. The molecule has 0 atom stereocenters. The van der Waals surface area contributed by atoms with E-state index in [4.69, 9.17) is 4.42 Å². The van der Waals surface area contributed by atoms with Crippen LogP contribution in [0.5, 0.6) is 0 Å². The Balaban J connectivity index is 1.63. The molecule has 1 saturated heterocycles. The molecule has 0 spiro atoms. The van der Waals surface area contributed by atoms with E-state index in [1.807, 2.05) is 18.7 Å². The zero-order valence-corrected chi connectivity index (χ0v) is 14.3. The van der Waals surface area contributed by atoms with Crippen molar-refractivity contribution < 1.29 is 14.0 Å². The molecule has 8 nitrogen and oxygen atoms in total. The Morgan fingerprint density at radius 1 is 1.20 bits per heavy atom. The summed E-state index contributed by atoms with van der Waals surface area (Å²) in [6.45, 7) is 6.09. The maximum absolute atomic E-state index is 12.3. The smallest absolute Gasteiger partial charge is 0.289 e. The number of furan rings is 1. The number of carbonyl (C=O) groups is 2. The lowest BCUT2D eigenvalue weighted by molar-refractivity contribution is 0.0714. The largest absolute Gasteiger partial charge is 0.459 e. The van der Waals surface area contributed by atoms with Crippen LogP contribution in [0.25, 0.3) is 0 Å². The molecule has 2 amide bonds. The molecule has 0 unspecified atom stereocenters. The average molecular weight is 343 g/mol. The van der Waals surface area contributed by atoms with Crippen LogP contribution in [0.1, 0.15) is 34.9 Å². The van der Waals surface area contributed by atoms with Gasteiger partial charge in [0, 0.05) is 38.4 Å². The minimum atomic E-state index is -0.217. The van der Waals surface area contributed by atoms with Gasteiger partial charge in [0.15, 0.2) is 5.76 Å². The Kier molecular flexibility index (Phi) is 4.97. The summed E-state index contributed by atoms with van der Waals surface area (Å²) in [6.07, 6.45) is 3.07. The lowest BCUT2D eigenvalue weighted by Gasteiger charge is -2.34. The van der Waals surface area contributed by atoms with Gasteiger partial charge in [0.25, 0.3) is 11.8 Å². The molecule has 1 fully saturated rings. The number of anilines is 1. The first-order chi connectivity index (χ1) is 12.0. The molecule has 0 saturated carbocycles. The number of hydrogen-bond acceptors (Lipinski definition) is 6. The van der Waals surface area contributed by atoms with E-state index >= 15 is 0 Å². The first-order valence-electron chi connectivity index (χ1n) is 8.26. The number of piperazine rings is 1. The van der Waals surface area contributed by atoms with Crippen molar-refractivity contribution in [3.8, 4) is 0 Å². The summed E-state index contributed by atoms with van der Waals surface area (Å²) in [5.41, 5.74) is 0.341. The molecule has 3 heterocycles. The second-order valence-electron chi connectivity index (χ2n) is 6.13. The molecule has 0 aromatic carbocycles. The van der Waals surface area contributed by atoms with Crippen LogP contribution in [-0.4, -0.2) is 58.9 Å². The van der Waals surface area contributed by atoms with Crippen molar-refractivity contribution in [2.75, 3.05) is 31.1 Å². The van der Waals surface area contributed by atoms with Crippen LogP contribution >= 0.6 is 0 Å². The molecule has 3 rings (SSSR count). The summed E-state index contributed by atoms with van der Waals surface area (Å²) < 4.78 is 5.16. The van der Waals surface area contributed by atoms with Gasteiger partial charge in [-0.25, -0.2) is 9.97 Å². The fourth-order valence-electron chi connectivity index (χ4n) is 2.63. The van der Waals surface area contributed by atoms with Crippen molar-refractivity contribution in [3.63, 3.8) is 0 Å². The number of amides is 2. The highest BCUT2D eigenvalue weighted by molar-refractivity contribution is 5.92. The maximum atomic E-state index is 12.3. The second kappa shape index (κ2) is 7.33. The van der Waals surface area contributed by atoms with Gasteiger partial charge >= 0.3 is 0 Å². The van der Waals surface area contributed by atoms with Gasteiger partial charge in [-0.3, -0.25) is 9.59 Å². The molecule has 1 N–H and O–H groups in total. The fraction of sp³-hybridized carbons (Fsp3) is 0.412. The fourth-order valence-corrected chi connectivity index (χ4v) is 2.63. The summed E-state index contributed by atoms with van der Waals surface area (Å²) in [6, 6.07) is 5.00. The molecule has 25 heavy (non-hydrogen) atoms. The van der Waals surface area contributed by atoms with E-state index in [1.165, 1.54) is 6.26 Å². The zero-order valence-electron chi connectivity index (χ0n) is 14.3. The first-order valence-corrected chi connectivity index (χ1v) is 8.26. The van der Waals surface area contributed by atoms with Gasteiger partial charge in [-0.05, 0) is 32.0 Å². The van der Waals surface area contributed by atoms with Gasteiger partial charge in [0.05, 0.1) is 6.26 Å². The number of rotatable bonds is 4. The van der Waals surface area contributed by atoms with Crippen molar-refractivity contribution in [3.05, 3.63) is 42.1 Å². The molecular weight excluding hydrogens is 322 g/mol.